The fraction of sp³-hybridized carbons (Fsp3) is 0.400. The predicted octanol–water partition coefficient (Wildman–Crippen LogP) is 1.99. The fourth-order valence-electron chi connectivity index (χ4n) is 1.70. The molecule has 1 unspecified atom stereocenters. The lowest BCUT2D eigenvalue weighted by molar-refractivity contribution is -0.131. The van der Waals surface area contributed by atoms with Gasteiger partial charge in [0.2, 0.25) is 0 Å². The van der Waals surface area contributed by atoms with Crippen molar-refractivity contribution < 1.29 is 15.0 Å². The zero-order valence-corrected chi connectivity index (χ0v) is 11.4. The summed E-state index contributed by atoms with van der Waals surface area (Å²) in [6.45, 7) is 3.45. The van der Waals surface area contributed by atoms with Gasteiger partial charge in [-0.25, -0.2) is 4.79 Å². The van der Waals surface area contributed by atoms with Crippen molar-refractivity contribution in [3.8, 4) is 0 Å². The van der Waals surface area contributed by atoms with Crippen molar-refractivity contribution in [3.63, 3.8) is 0 Å². The second kappa shape index (κ2) is 7.71. The van der Waals surface area contributed by atoms with E-state index in [1.807, 2.05) is 31.3 Å². The standard InChI is InChI=1S/C15H21NO3/c1-12(17)9-10-16(2)11-14-5-3-13(4-6-14)7-8-15(18)19/h3-8,12,17H,9-11H2,1-2H3,(H,18,19)/b8-7+. The van der Waals surface area contributed by atoms with Gasteiger partial charge < -0.3 is 15.1 Å². The van der Waals surface area contributed by atoms with Crippen LogP contribution in [0.2, 0.25) is 0 Å². The molecule has 0 radical (unpaired) electrons. The first-order valence-corrected chi connectivity index (χ1v) is 6.34. The highest BCUT2D eigenvalue weighted by atomic mass is 16.4. The number of rotatable bonds is 7. The first-order valence-electron chi connectivity index (χ1n) is 6.34. The molecule has 0 amide bonds. The van der Waals surface area contributed by atoms with Gasteiger partial charge in [-0.05, 0) is 37.6 Å². The molecule has 2 N–H and O–H groups in total. The van der Waals surface area contributed by atoms with E-state index in [1.54, 1.807) is 13.0 Å². The van der Waals surface area contributed by atoms with Crippen LogP contribution in [0.1, 0.15) is 24.5 Å². The number of hydrogen-bond acceptors (Lipinski definition) is 3. The molecule has 1 rings (SSSR count). The first kappa shape index (κ1) is 15.4. The molecule has 0 saturated carbocycles. The number of aliphatic carboxylic acids is 1. The summed E-state index contributed by atoms with van der Waals surface area (Å²) in [4.78, 5) is 12.5. The maximum atomic E-state index is 10.4. The lowest BCUT2D eigenvalue weighted by Crippen LogP contribution is -2.22. The Labute approximate surface area is 114 Å². The van der Waals surface area contributed by atoms with Crippen LogP contribution in [0.5, 0.6) is 0 Å². The molecule has 0 fully saturated rings. The molecule has 1 aromatic carbocycles. The first-order chi connectivity index (χ1) is 8.97. The number of aliphatic hydroxyl groups excluding tert-OH is 1. The number of hydrogen-bond donors (Lipinski definition) is 2. The summed E-state index contributed by atoms with van der Waals surface area (Å²) in [5.74, 6) is -0.943. The third-order valence-electron chi connectivity index (χ3n) is 2.78. The molecular weight excluding hydrogens is 242 g/mol. The third kappa shape index (κ3) is 6.74. The zero-order chi connectivity index (χ0) is 14.3. The number of aliphatic hydroxyl groups is 1. The van der Waals surface area contributed by atoms with Gasteiger partial charge in [-0.3, -0.25) is 0 Å². The van der Waals surface area contributed by atoms with Gasteiger partial charge in [0.05, 0.1) is 6.10 Å². The Morgan fingerprint density at radius 1 is 1.37 bits per heavy atom. The lowest BCUT2D eigenvalue weighted by atomic mass is 10.1. The summed E-state index contributed by atoms with van der Waals surface area (Å²) in [5, 5.41) is 17.8. The van der Waals surface area contributed by atoms with Crippen molar-refractivity contribution >= 4 is 12.0 Å². The molecule has 0 bridgehead atoms. The second-order valence-electron chi connectivity index (χ2n) is 4.79. The minimum absolute atomic E-state index is 0.272. The fourth-order valence-corrected chi connectivity index (χ4v) is 1.70. The zero-order valence-electron chi connectivity index (χ0n) is 11.4. The monoisotopic (exact) mass is 263 g/mol. The predicted molar refractivity (Wildman–Crippen MR) is 75.7 cm³/mol. The molecule has 19 heavy (non-hydrogen) atoms. The highest BCUT2D eigenvalue weighted by molar-refractivity contribution is 5.85. The van der Waals surface area contributed by atoms with Crippen LogP contribution in [-0.2, 0) is 11.3 Å². The highest BCUT2D eigenvalue weighted by Gasteiger charge is 2.02. The Bertz CT molecular complexity index is 424. The molecule has 0 aliphatic rings. The second-order valence-corrected chi connectivity index (χ2v) is 4.79. The van der Waals surface area contributed by atoms with E-state index in [2.05, 4.69) is 4.90 Å². The van der Waals surface area contributed by atoms with Crippen molar-refractivity contribution in [2.45, 2.75) is 26.0 Å². The van der Waals surface area contributed by atoms with Gasteiger partial charge in [-0.2, -0.15) is 0 Å². The SMILES string of the molecule is CC(O)CCN(C)Cc1ccc(/C=C/C(=O)O)cc1. The van der Waals surface area contributed by atoms with Gasteiger partial charge in [0.15, 0.2) is 0 Å². The van der Waals surface area contributed by atoms with Gasteiger partial charge in [0.25, 0.3) is 0 Å². The number of carboxylic acids is 1. The van der Waals surface area contributed by atoms with E-state index in [0.717, 1.165) is 31.1 Å². The van der Waals surface area contributed by atoms with Crippen LogP contribution in [0.25, 0.3) is 6.08 Å². The Kier molecular flexibility index (Phi) is 6.25. The third-order valence-corrected chi connectivity index (χ3v) is 2.78. The maximum Gasteiger partial charge on any atom is 0.328 e. The van der Waals surface area contributed by atoms with E-state index in [-0.39, 0.29) is 6.10 Å². The summed E-state index contributed by atoms with van der Waals surface area (Å²) in [6.07, 6.45) is 3.19. The quantitative estimate of drug-likeness (QED) is 0.739. The van der Waals surface area contributed by atoms with Gasteiger partial charge in [0.1, 0.15) is 0 Å². The van der Waals surface area contributed by atoms with Crippen molar-refractivity contribution in [2.24, 2.45) is 0 Å². The normalized spacial score (nSPS) is 13.1. The van der Waals surface area contributed by atoms with E-state index in [9.17, 15) is 9.90 Å². The van der Waals surface area contributed by atoms with Gasteiger partial charge in [0, 0.05) is 19.2 Å². The van der Waals surface area contributed by atoms with E-state index in [4.69, 9.17) is 5.11 Å². The molecule has 104 valence electrons. The Hall–Kier alpha value is -1.65. The molecule has 0 aromatic heterocycles. The maximum absolute atomic E-state index is 10.4. The Balaban J connectivity index is 2.50. The van der Waals surface area contributed by atoms with Crippen LogP contribution in [0, 0.1) is 0 Å². The summed E-state index contributed by atoms with van der Waals surface area (Å²) in [6, 6.07) is 7.77. The van der Waals surface area contributed by atoms with E-state index < -0.39 is 5.97 Å². The molecule has 1 atom stereocenters. The average Bonchev–Trinajstić information content (AvgIpc) is 2.35. The van der Waals surface area contributed by atoms with Crippen LogP contribution in [0.15, 0.2) is 30.3 Å². The van der Waals surface area contributed by atoms with Crippen LogP contribution in [0.4, 0.5) is 0 Å². The summed E-state index contributed by atoms with van der Waals surface area (Å²) >= 11 is 0. The number of carbonyl (C=O) groups is 1. The summed E-state index contributed by atoms with van der Waals surface area (Å²) < 4.78 is 0. The van der Waals surface area contributed by atoms with Crippen LogP contribution in [0.3, 0.4) is 0 Å². The van der Waals surface area contributed by atoms with Crippen LogP contribution in [-0.4, -0.2) is 40.8 Å². The minimum atomic E-state index is -0.943. The Morgan fingerprint density at radius 3 is 2.53 bits per heavy atom. The number of carboxylic acid groups (broad SMARTS) is 1. The van der Waals surface area contributed by atoms with Crippen molar-refractivity contribution in [1.29, 1.82) is 0 Å². The molecule has 0 aliphatic heterocycles. The van der Waals surface area contributed by atoms with Crippen molar-refractivity contribution in [2.75, 3.05) is 13.6 Å². The van der Waals surface area contributed by atoms with E-state index in [1.165, 1.54) is 5.56 Å². The molecule has 0 saturated heterocycles. The largest absolute Gasteiger partial charge is 0.478 e. The summed E-state index contributed by atoms with van der Waals surface area (Å²) in [5.41, 5.74) is 2.04. The lowest BCUT2D eigenvalue weighted by Gasteiger charge is -2.17. The summed E-state index contributed by atoms with van der Waals surface area (Å²) in [7, 11) is 2.01. The van der Waals surface area contributed by atoms with Crippen molar-refractivity contribution in [3.05, 3.63) is 41.5 Å². The smallest absolute Gasteiger partial charge is 0.328 e. The van der Waals surface area contributed by atoms with E-state index in [0.29, 0.717) is 0 Å². The highest BCUT2D eigenvalue weighted by Crippen LogP contribution is 2.08. The molecule has 4 heteroatoms. The average molecular weight is 263 g/mol. The molecule has 0 aliphatic carbocycles. The van der Waals surface area contributed by atoms with Crippen LogP contribution < -0.4 is 0 Å². The van der Waals surface area contributed by atoms with Gasteiger partial charge in [-0.1, -0.05) is 24.3 Å². The molecule has 0 heterocycles. The van der Waals surface area contributed by atoms with Gasteiger partial charge >= 0.3 is 5.97 Å². The Morgan fingerprint density at radius 2 is 2.00 bits per heavy atom. The number of nitrogens with zero attached hydrogens (tertiary/aromatic N) is 1. The van der Waals surface area contributed by atoms with Gasteiger partial charge in [-0.15, -0.1) is 0 Å². The van der Waals surface area contributed by atoms with Crippen molar-refractivity contribution in [1.82, 2.24) is 4.90 Å². The molecule has 1 aromatic rings. The molecule has 0 spiro atoms. The molecule has 4 nitrogen and oxygen atoms in total. The number of benzene rings is 1. The molecular formula is C15H21NO3. The van der Waals surface area contributed by atoms with Crippen LogP contribution >= 0.6 is 0 Å². The topological polar surface area (TPSA) is 60.8 Å². The minimum Gasteiger partial charge on any atom is -0.478 e. The van der Waals surface area contributed by atoms with E-state index >= 15 is 0 Å².